The van der Waals surface area contributed by atoms with Gasteiger partial charge in [-0.15, -0.1) is 0 Å². The molecule has 2 bridgehead atoms. The second-order valence-electron chi connectivity index (χ2n) is 7.30. The highest BCUT2D eigenvalue weighted by Gasteiger charge is 2.39. The Morgan fingerprint density at radius 1 is 1.19 bits per heavy atom. The molecule has 2 aliphatic rings. The van der Waals surface area contributed by atoms with Crippen LogP contribution in [0.4, 0.5) is 0 Å². The van der Waals surface area contributed by atoms with Crippen LogP contribution in [0.2, 0.25) is 5.02 Å². The lowest BCUT2D eigenvalue weighted by Gasteiger charge is -2.36. The number of benzene rings is 1. The first-order valence-corrected chi connectivity index (χ1v) is 9.57. The standard InChI is InChI=1S/C19H20ClN5O2/c1-25-12-4-5-13(25)9-15(8-12)26-14-6-2-11(3-7-14)18-22-19(27-24-18)17-16(20)10-21-23-17/h2-3,6-7,10,12-13,15H,4-5,8-9H2,1H3,(H,21,23)/t12-,13-/m1/s1. The van der Waals surface area contributed by atoms with E-state index in [9.17, 15) is 0 Å². The third-order valence-corrected chi connectivity index (χ3v) is 5.99. The van der Waals surface area contributed by atoms with E-state index in [1.165, 1.54) is 19.0 Å². The molecule has 0 spiro atoms. The number of nitrogens with one attached hydrogen (secondary N) is 1. The van der Waals surface area contributed by atoms with Crippen LogP contribution in [0.1, 0.15) is 25.7 Å². The van der Waals surface area contributed by atoms with Crippen LogP contribution in [-0.2, 0) is 0 Å². The van der Waals surface area contributed by atoms with Gasteiger partial charge in [0, 0.05) is 17.6 Å². The van der Waals surface area contributed by atoms with Crippen molar-refractivity contribution >= 4 is 11.6 Å². The van der Waals surface area contributed by atoms with Crippen LogP contribution in [0.3, 0.4) is 0 Å². The molecule has 4 heterocycles. The number of nitrogens with zero attached hydrogens (tertiary/aromatic N) is 4. The Labute approximate surface area is 161 Å². The molecule has 0 unspecified atom stereocenters. The maximum absolute atomic E-state index is 6.23. The van der Waals surface area contributed by atoms with E-state index >= 15 is 0 Å². The van der Waals surface area contributed by atoms with Crippen LogP contribution in [0.15, 0.2) is 35.0 Å². The zero-order chi connectivity index (χ0) is 18.4. The fourth-order valence-corrected chi connectivity index (χ4v) is 4.37. The molecule has 0 saturated carbocycles. The SMILES string of the molecule is CN1[C@@H]2CC[C@@H]1CC(Oc1ccc(-c3noc(-c4[nH]ncc4Cl)n3)cc1)C2. The maximum Gasteiger partial charge on any atom is 0.277 e. The van der Waals surface area contributed by atoms with E-state index in [-0.39, 0.29) is 0 Å². The van der Waals surface area contributed by atoms with E-state index in [4.69, 9.17) is 20.9 Å². The summed E-state index contributed by atoms with van der Waals surface area (Å²) >= 11 is 6.04. The summed E-state index contributed by atoms with van der Waals surface area (Å²) in [6, 6.07) is 9.16. The summed E-state index contributed by atoms with van der Waals surface area (Å²) in [4.78, 5) is 6.90. The molecule has 1 aromatic carbocycles. The van der Waals surface area contributed by atoms with Crippen molar-refractivity contribution in [2.24, 2.45) is 0 Å². The van der Waals surface area contributed by atoms with Crippen molar-refractivity contribution in [2.45, 2.75) is 43.9 Å². The molecule has 27 heavy (non-hydrogen) atoms. The Kier molecular flexibility index (Phi) is 4.13. The molecule has 5 rings (SSSR count). The summed E-state index contributed by atoms with van der Waals surface area (Å²) in [5, 5.41) is 11.1. The van der Waals surface area contributed by atoms with Crippen LogP contribution in [-0.4, -0.2) is 50.5 Å². The van der Waals surface area contributed by atoms with E-state index in [1.807, 2.05) is 24.3 Å². The normalized spacial score (nSPS) is 25.0. The zero-order valence-electron chi connectivity index (χ0n) is 14.9. The average Bonchev–Trinajstić information content (AvgIpc) is 3.35. The molecule has 0 radical (unpaired) electrons. The Morgan fingerprint density at radius 3 is 2.59 bits per heavy atom. The zero-order valence-corrected chi connectivity index (χ0v) is 15.7. The molecule has 1 N–H and O–H groups in total. The van der Waals surface area contributed by atoms with Crippen molar-refractivity contribution in [1.29, 1.82) is 0 Å². The molecule has 3 aromatic rings. The molecule has 2 atom stereocenters. The largest absolute Gasteiger partial charge is 0.490 e. The topological polar surface area (TPSA) is 80.1 Å². The molecule has 0 aliphatic carbocycles. The predicted octanol–water partition coefficient (Wildman–Crippen LogP) is 3.78. The first-order chi connectivity index (χ1) is 13.2. The fraction of sp³-hybridized carbons (Fsp3) is 0.421. The van der Waals surface area contributed by atoms with E-state index in [0.29, 0.717) is 40.6 Å². The van der Waals surface area contributed by atoms with Gasteiger partial charge in [0.1, 0.15) is 17.5 Å². The number of hydrogen-bond donors (Lipinski definition) is 1. The van der Waals surface area contributed by atoms with E-state index in [0.717, 1.165) is 24.2 Å². The minimum absolute atomic E-state index is 0.295. The number of H-pyrrole nitrogens is 1. The van der Waals surface area contributed by atoms with Crippen molar-refractivity contribution in [2.75, 3.05) is 7.05 Å². The van der Waals surface area contributed by atoms with Gasteiger partial charge in [-0.2, -0.15) is 10.1 Å². The van der Waals surface area contributed by atoms with Gasteiger partial charge in [-0.3, -0.25) is 5.10 Å². The van der Waals surface area contributed by atoms with E-state index in [1.54, 1.807) is 0 Å². The third-order valence-electron chi connectivity index (χ3n) is 5.70. The second-order valence-corrected chi connectivity index (χ2v) is 7.71. The lowest BCUT2D eigenvalue weighted by atomic mass is 10.0. The van der Waals surface area contributed by atoms with E-state index in [2.05, 4.69) is 32.3 Å². The van der Waals surface area contributed by atoms with Gasteiger partial charge in [-0.1, -0.05) is 16.8 Å². The van der Waals surface area contributed by atoms with Crippen LogP contribution in [0.5, 0.6) is 5.75 Å². The molecule has 8 heteroatoms. The number of rotatable bonds is 4. The van der Waals surface area contributed by atoms with Crippen LogP contribution in [0, 0.1) is 0 Å². The lowest BCUT2D eigenvalue weighted by molar-refractivity contribution is 0.0662. The minimum atomic E-state index is 0.295. The van der Waals surface area contributed by atoms with Crippen molar-refractivity contribution in [3.05, 3.63) is 35.5 Å². The number of hydrogen-bond acceptors (Lipinski definition) is 6. The van der Waals surface area contributed by atoms with Gasteiger partial charge in [-0.05, 0) is 57.0 Å². The van der Waals surface area contributed by atoms with Gasteiger partial charge in [0.2, 0.25) is 5.82 Å². The summed E-state index contributed by atoms with van der Waals surface area (Å²) in [6.07, 6.45) is 6.59. The summed E-state index contributed by atoms with van der Waals surface area (Å²) < 4.78 is 11.5. The summed E-state index contributed by atoms with van der Waals surface area (Å²) in [7, 11) is 2.24. The molecular weight excluding hydrogens is 366 g/mol. The molecule has 2 saturated heterocycles. The van der Waals surface area contributed by atoms with Crippen LogP contribution >= 0.6 is 11.6 Å². The monoisotopic (exact) mass is 385 g/mol. The molecule has 140 valence electrons. The number of ether oxygens (including phenoxy) is 1. The fourth-order valence-electron chi connectivity index (χ4n) is 4.20. The second kappa shape index (κ2) is 6.65. The van der Waals surface area contributed by atoms with Gasteiger partial charge in [0.25, 0.3) is 5.89 Å². The molecule has 2 aliphatic heterocycles. The number of aromatic nitrogens is 4. The number of halogens is 1. The number of fused-ring (bicyclic) bond motifs is 2. The first-order valence-electron chi connectivity index (χ1n) is 9.19. The third kappa shape index (κ3) is 3.11. The van der Waals surface area contributed by atoms with Gasteiger partial charge in [0.05, 0.1) is 11.2 Å². The number of piperidine rings is 1. The highest BCUT2D eigenvalue weighted by molar-refractivity contribution is 6.32. The highest BCUT2D eigenvalue weighted by Crippen LogP contribution is 2.36. The molecule has 2 aromatic heterocycles. The highest BCUT2D eigenvalue weighted by atomic mass is 35.5. The smallest absolute Gasteiger partial charge is 0.277 e. The minimum Gasteiger partial charge on any atom is -0.490 e. The molecule has 2 fully saturated rings. The van der Waals surface area contributed by atoms with Gasteiger partial charge >= 0.3 is 0 Å². The van der Waals surface area contributed by atoms with Crippen molar-refractivity contribution in [3.63, 3.8) is 0 Å². The predicted molar refractivity (Wildman–Crippen MR) is 101 cm³/mol. The van der Waals surface area contributed by atoms with Crippen LogP contribution in [0.25, 0.3) is 23.0 Å². The van der Waals surface area contributed by atoms with Crippen molar-refractivity contribution < 1.29 is 9.26 Å². The molecule has 7 nitrogen and oxygen atoms in total. The first kappa shape index (κ1) is 16.8. The Bertz CT molecular complexity index is 924. The molecule has 0 amide bonds. The van der Waals surface area contributed by atoms with Gasteiger partial charge in [0.15, 0.2) is 0 Å². The van der Waals surface area contributed by atoms with Gasteiger partial charge in [-0.25, -0.2) is 0 Å². The Hall–Kier alpha value is -2.38. The average molecular weight is 386 g/mol. The molecular formula is C19H20ClN5O2. The lowest BCUT2D eigenvalue weighted by Crippen LogP contribution is -2.43. The number of aromatic amines is 1. The van der Waals surface area contributed by atoms with Crippen LogP contribution < -0.4 is 4.74 Å². The Balaban J connectivity index is 1.28. The quantitative estimate of drug-likeness (QED) is 0.736. The maximum atomic E-state index is 6.23. The summed E-state index contributed by atoms with van der Waals surface area (Å²) in [6.45, 7) is 0. The van der Waals surface area contributed by atoms with Crippen molar-refractivity contribution in [1.82, 2.24) is 25.2 Å². The summed E-state index contributed by atoms with van der Waals surface area (Å²) in [5.41, 5.74) is 1.38. The van der Waals surface area contributed by atoms with Crippen molar-refractivity contribution in [3.8, 4) is 28.7 Å². The Morgan fingerprint density at radius 2 is 1.93 bits per heavy atom. The van der Waals surface area contributed by atoms with E-state index < -0.39 is 0 Å². The van der Waals surface area contributed by atoms with Gasteiger partial charge < -0.3 is 14.2 Å². The summed E-state index contributed by atoms with van der Waals surface area (Å²) in [5.74, 6) is 1.70.